The molecular formula is C63H40N4O3. The molecule has 0 aliphatic rings. The van der Waals surface area contributed by atoms with Gasteiger partial charge in [-0.05, 0) is 154 Å². The van der Waals surface area contributed by atoms with E-state index in [0.29, 0.717) is 17.7 Å². The highest BCUT2D eigenvalue weighted by Crippen LogP contribution is 2.39. The average Bonchev–Trinajstić information content (AvgIpc) is 4.20. The van der Waals surface area contributed by atoms with Crippen LogP contribution in [0.2, 0.25) is 0 Å². The van der Waals surface area contributed by atoms with Crippen LogP contribution in [0.5, 0.6) is 0 Å². The summed E-state index contributed by atoms with van der Waals surface area (Å²) in [6.45, 7) is 0. The number of fused-ring (bicyclic) bond motifs is 3. The largest absolute Gasteiger partial charge is 0.436 e. The second-order valence-electron chi connectivity index (χ2n) is 17.2. The lowest BCUT2D eigenvalue weighted by Gasteiger charge is -2.26. The van der Waals surface area contributed by atoms with E-state index in [0.717, 1.165) is 112 Å². The van der Waals surface area contributed by atoms with Gasteiger partial charge in [-0.15, -0.1) is 0 Å². The first-order valence-corrected chi connectivity index (χ1v) is 23.2. The molecule has 0 fully saturated rings. The van der Waals surface area contributed by atoms with Gasteiger partial charge in [-0.25, -0.2) is 15.0 Å². The highest BCUT2D eigenvalue weighted by Gasteiger charge is 2.16. The Bertz CT molecular complexity index is 3690. The molecule has 13 rings (SSSR count). The Hall–Kier alpha value is -9.59. The van der Waals surface area contributed by atoms with Crippen molar-refractivity contribution in [2.75, 3.05) is 4.90 Å². The molecule has 0 amide bonds. The Morgan fingerprint density at radius 3 is 0.643 bits per heavy atom. The SMILES string of the molecule is c1ccc2oc(-c3ccc(-c4ccc(-c5ccc(N(c6ccc(-c7ccc(-c8nc9ccccc9o8)cc7)cc6)c6ccc(-c7ccc(-c8nc9ccccc9o8)cc7)cc6)cc5)cc4)cc3)nc2c1. The number of hydrogen-bond acceptors (Lipinski definition) is 7. The minimum Gasteiger partial charge on any atom is -0.436 e. The summed E-state index contributed by atoms with van der Waals surface area (Å²) in [5.74, 6) is 1.86. The predicted octanol–water partition coefficient (Wildman–Crippen LogP) is 17.2. The van der Waals surface area contributed by atoms with Crippen LogP contribution in [0.4, 0.5) is 17.1 Å². The fourth-order valence-corrected chi connectivity index (χ4v) is 9.11. The minimum atomic E-state index is 0.615. The van der Waals surface area contributed by atoms with Gasteiger partial charge in [0.1, 0.15) is 16.6 Å². The number of anilines is 3. The summed E-state index contributed by atoms with van der Waals surface area (Å²) in [7, 11) is 0. The Labute approximate surface area is 403 Å². The number of hydrogen-bond donors (Lipinski definition) is 0. The number of nitrogens with zero attached hydrogens (tertiary/aromatic N) is 4. The van der Waals surface area contributed by atoms with Gasteiger partial charge in [-0.3, -0.25) is 0 Å². The van der Waals surface area contributed by atoms with Gasteiger partial charge in [0, 0.05) is 33.8 Å². The van der Waals surface area contributed by atoms with Gasteiger partial charge in [-0.1, -0.05) is 133 Å². The molecule has 0 spiro atoms. The molecule has 0 saturated heterocycles. The van der Waals surface area contributed by atoms with E-state index < -0.39 is 0 Å². The molecular weight excluding hydrogens is 861 g/mol. The van der Waals surface area contributed by atoms with Crippen molar-refractivity contribution in [3.8, 4) is 78.9 Å². The third kappa shape index (κ3) is 7.77. The lowest BCUT2D eigenvalue weighted by atomic mass is 9.99. The second-order valence-corrected chi connectivity index (χ2v) is 17.2. The van der Waals surface area contributed by atoms with Gasteiger partial charge in [0.15, 0.2) is 16.7 Å². The first-order valence-electron chi connectivity index (χ1n) is 23.2. The molecule has 0 aliphatic carbocycles. The van der Waals surface area contributed by atoms with Crippen molar-refractivity contribution in [3.63, 3.8) is 0 Å². The molecule has 330 valence electrons. The van der Waals surface area contributed by atoms with Crippen LogP contribution in [-0.4, -0.2) is 15.0 Å². The summed E-state index contributed by atoms with van der Waals surface area (Å²) >= 11 is 0. The maximum Gasteiger partial charge on any atom is 0.227 e. The van der Waals surface area contributed by atoms with Crippen molar-refractivity contribution >= 4 is 50.4 Å². The van der Waals surface area contributed by atoms with Crippen molar-refractivity contribution in [2.45, 2.75) is 0 Å². The Morgan fingerprint density at radius 1 is 0.214 bits per heavy atom. The van der Waals surface area contributed by atoms with Crippen LogP contribution in [0.3, 0.4) is 0 Å². The third-order valence-electron chi connectivity index (χ3n) is 12.9. The molecule has 0 unspecified atom stereocenters. The van der Waals surface area contributed by atoms with Crippen LogP contribution in [0, 0.1) is 0 Å². The van der Waals surface area contributed by atoms with Crippen LogP contribution >= 0.6 is 0 Å². The number of oxazole rings is 3. The Kier molecular flexibility index (Phi) is 10.0. The van der Waals surface area contributed by atoms with Crippen molar-refractivity contribution in [1.82, 2.24) is 15.0 Å². The zero-order valence-electron chi connectivity index (χ0n) is 37.6. The summed E-state index contributed by atoms with van der Waals surface area (Å²) in [5.41, 5.74) is 19.9. The maximum atomic E-state index is 6.04. The lowest BCUT2D eigenvalue weighted by Crippen LogP contribution is -2.09. The lowest BCUT2D eigenvalue weighted by molar-refractivity contribution is 0.619. The summed E-state index contributed by atoms with van der Waals surface area (Å²) in [6, 6.07) is 83.7. The molecule has 7 nitrogen and oxygen atoms in total. The molecule has 0 radical (unpaired) electrons. The Balaban J connectivity index is 0.773. The molecule has 70 heavy (non-hydrogen) atoms. The van der Waals surface area contributed by atoms with Gasteiger partial charge < -0.3 is 18.2 Å². The van der Waals surface area contributed by atoms with Crippen molar-refractivity contribution in [1.29, 1.82) is 0 Å². The highest BCUT2D eigenvalue weighted by atomic mass is 16.4. The molecule has 0 bridgehead atoms. The molecule has 3 aromatic heterocycles. The minimum absolute atomic E-state index is 0.615. The van der Waals surface area contributed by atoms with Gasteiger partial charge in [0.2, 0.25) is 17.7 Å². The quantitative estimate of drug-likeness (QED) is 0.135. The molecule has 0 N–H and O–H groups in total. The zero-order valence-corrected chi connectivity index (χ0v) is 37.6. The molecule has 0 atom stereocenters. The van der Waals surface area contributed by atoms with E-state index in [2.05, 4.69) is 190 Å². The summed E-state index contributed by atoms with van der Waals surface area (Å²) < 4.78 is 18.1. The van der Waals surface area contributed by atoms with E-state index in [1.165, 1.54) is 0 Å². The van der Waals surface area contributed by atoms with Gasteiger partial charge in [-0.2, -0.15) is 0 Å². The van der Waals surface area contributed by atoms with Crippen LogP contribution in [0.1, 0.15) is 0 Å². The van der Waals surface area contributed by atoms with Gasteiger partial charge in [0.05, 0.1) is 0 Å². The normalized spacial score (nSPS) is 11.4. The van der Waals surface area contributed by atoms with Crippen LogP contribution < -0.4 is 4.90 Å². The second kappa shape index (κ2) is 17.2. The number of benzene rings is 10. The van der Waals surface area contributed by atoms with Crippen molar-refractivity contribution in [3.05, 3.63) is 243 Å². The van der Waals surface area contributed by atoms with Crippen molar-refractivity contribution in [2.24, 2.45) is 0 Å². The van der Waals surface area contributed by atoms with E-state index in [1.54, 1.807) is 0 Å². The first-order chi connectivity index (χ1) is 34.6. The van der Waals surface area contributed by atoms with Crippen LogP contribution in [0.15, 0.2) is 256 Å². The van der Waals surface area contributed by atoms with Crippen LogP contribution in [0.25, 0.3) is 112 Å². The molecule has 3 heterocycles. The summed E-state index contributed by atoms with van der Waals surface area (Å²) in [6.07, 6.45) is 0. The van der Waals surface area contributed by atoms with E-state index in [9.17, 15) is 0 Å². The fourth-order valence-electron chi connectivity index (χ4n) is 9.11. The molecule has 0 aliphatic heterocycles. The topological polar surface area (TPSA) is 81.3 Å². The molecule has 7 heteroatoms. The molecule has 0 saturated carbocycles. The standard InChI is InChI=1S/C63H40N4O3/c1-4-10-58-55(7-1)64-61(68-58)49-23-17-43(18-24-49)41-13-15-42(16-14-41)46-29-35-52(36-30-46)67(53-37-31-47(32-38-53)44-19-25-50(26-20-44)62-65-56-8-2-5-11-59(56)69-62)54-39-33-48(34-40-54)45-21-27-51(28-22-45)63-66-57-9-3-6-12-60(57)70-63/h1-40H. The van der Waals surface area contributed by atoms with Crippen molar-refractivity contribution < 1.29 is 13.3 Å². The number of para-hydroxylation sites is 6. The Morgan fingerprint density at radius 2 is 0.414 bits per heavy atom. The van der Waals surface area contributed by atoms with E-state index in [-0.39, 0.29) is 0 Å². The van der Waals surface area contributed by atoms with Crippen LogP contribution in [-0.2, 0) is 0 Å². The highest BCUT2D eigenvalue weighted by molar-refractivity contribution is 5.84. The predicted molar refractivity (Wildman–Crippen MR) is 282 cm³/mol. The maximum absolute atomic E-state index is 6.04. The molecule has 10 aromatic carbocycles. The van der Waals surface area contributed by atoms with Gasteiger partial charge >= 0.3 is 0 Å². The number of rotatable bonds is 10. The van der Waals surface area contributed by atoms with E-state index in [1.807, 2.05) is 72.8 Å². The summed E-state index contributed by atoms with van der Waals surface area (Å²) in [5, 5.41) is 0. The number of aromatic nitrogens is 3. The average molecular weight is 901 g/mol. The summed E-state index contributed by atoms with van der Waals surface area (Å²) in [4.78, 5) is 16.3. The first kappa shape index (κ1) is 40.7. The van der Waals surface area contributed by atoms with E-state index >= 15 is 0 Å². The fraction of sp³-hybridized carbons (Fsp3) is 0. The van der Waals surface area contributed by atoms with Gasteiger partial charge in [0.25, 0.3) is 0 Å². The monoisotopic (exact) mass is 900 g/mol. The molecule has 13 aromatic rings. The zero-order chi connectivity index (χ0) is 46.4. The van der Waals surface area contributed by atoms with E-state index in [4.69, 9.17) is 13.3 Å². The third-order valence-corrected chi connectivity index (χ3v) is 12.9. The smallest absolute Gasteiger partial charge is 0.227 e.